The van der Waals surface area contributed by atoms with Crippen molar-refractivity contribution in [1.82, 2.24) is 4.98 Å². The van der Waals surface area contributed by atoms with Crippen LogP contribution >= 0.6 is 0 Å². The van der Waals surface area contributed by atoms with Gasteiger partial charge in [0.05, 0.1) is 5.56 Å². The van der Waals surface area contributed by atoms with Crippen molar-refractivity contribution in [2.24, 2.45) is 0 Å². The fourth-order valence-electron chi connectivity index (χ4n) is 0.989. The van der Waals surface area contributed by atoms with E-state index in [9.17, 15) is 26.3 Å². The lowest BCUT2D eigenvalue weighted by Crippen LogP contribution is -2.19. The van der Waals surface area contributed by atoms with E-state index in [0.29, 0.717) is 6.07 Å². The summed E-state index contributed by atoms with van der Waals surface area (Å²) in [5, 5.41) is 0. The molecule has 0 atom stereocenters. The van der Waals surface area contributed by atoms with Crippen molar-refractivity contribution >= 4 is 0 Å². The molecule has 0 radical (unpaired) electrons. The Hall–Kier alpha value is -1.47. The SMILES string of the molecule is Cc1cc(C(F)F)c(F)c(OC(F)(F)F)n1. The van der Waals surface area contributed by atoms with Gasteiger partial charge in [-0.15, -0.1) is 13.2 Å². The van der Waals surface area contributed by atoms with Crippen molar-refractivity contribution in [1.29, 1.82) is 0 Å². The van der Waals surface area contributed by atoms with Crippen LogP contribution < -0.4 is 4.74 Å². The summed E-state index contributed by atoms with van der Waals surface area (Å²) < 4.78 is 76.0. The summed E-state index contributed by atoms with van der Waals surface area (Å²) in [6.07, 6.45) is -8.42. The van der Waals surface area contributed by atoms with E-state index >= 15 is 0 Å². The average molecular weight is 245 g/mol. The van der Waals surface area contributed by atoms with Crippen molar-refractivity contribution in [3.8, 4) is 5.88 Å². The molecule has 16 heavy (non-hydrogen) atoms. The molecular formula is C8H5F6NO. The third-order valence-corrected chi connectivity index (χ3v) is 1.53. The molecule has 90 valence electrons. The third kappa shape index (κ3) is 3.01. The monoisotopic (exact) mass is 245 g/mol. The quantitative estimate of drug-likeness (QED) is 0.745. The molecular weight excluding hydrogens is 240 g/mol. The normalized spacial score (nSPS) is 12.0. The summed E-state index contributed by atoms with van der Waals surface area (Å²) in [5.41, 5.74) is -1.37. The first-order valence-corrected chi connectivity index (χ1v) is 3.91. The number of alkyl halides is 5. The Morgan fingerprint density at radius 2 is 1.88 bits per heavy atom. The molecule has 0 saturated carbocycles. The van der Waals surface area contributed by atoms with E-state index in [4.69, 9.17) is 0 Å². The van der Waals surface area contributed by atoms with E-state index in [-0.39, 0.29) is 5.69 Å². The highest BCUT2D eigenvalue weighted by Crippen LogP contribution is 2.30. The average Bonchev–Trinajstić information content (AvgIpc) is 2.07. The highest BCUT2D eigenvalue weighted by molar-refractivity contribution is 5.28. The molecule has 0 aliphatic heterocycles. The van der Waals surface area contributed by atoms with Gasteiger partial charge in [-0.1, -0.05) is 0 Å². The molecule has 8 heteroatoms. The number of nitrogens with zero attached hydrogens (tertiary/aromatic N) is 1. The minimum atomic E-state index is -5.18. The van der Waals surface area contributed by atoms with Crippen molar-refractivity contribution < 1.29 is 31.1 Å². The second-order valence-corrected chi connectivity index (χ2v) is 2.82. The first kappa shape index (κ1) is 12.6. The summed E-state index contributed by atoms with van der Waals surface area (Å²) in [5.74, 6) is -3.30. The van der Waals surface area contributed by atoms with Gasteiger partial charge in [0.15, 0.2) is 5.82 Å². The Morgan fingerprint density at radius 1 is 1.31 bits per heavy atom. The summed E-state index contributed by atoms with van der Waals surface area (Å²) in [7, 11) is 0. The Labute approximate surface area is 85.9 Å². The molecule has 2 nitrogen and oxygen atoms in total. The lowest BCUT2D eigenvalue weighted by Gasteiger charge is -2.11. The van der Waals surface area contributed by atoms with Gasteiger partial charge in [-0.25, -0.2) is 18.2 Å². The van der Waals surface area contributed by atoms with Crippen LogP contribution in [0.3, 0.4) is 0 Å². The maximum atomic E-state index is 13.1. The second-order valence-electron chi connectivity index (χ2n) is 2.82. The molecule has 0 spiro atoms. The van der Waals surface area contributed by atoms with E-state index in [1.807, 2.05) is 0 Å². The number of ether oxygens (including phenoxy) is 1. The largest absolute Gasteiger partial charge is 0.574 e. The summed E-state index contributed by atoms with van der Waals surface area (Å²) >= 11 is 0. The second kappa shape index (κ2) is 4.18. The van der Waals surface area contributed by atoms with Crippen LogP contribution in [0.2, 0.25) is 0 Å². The molecule has 1 aromatic rings. The van der Waals surface area contributed by atoms with Gasteiger partial charge >= 0.3 is 6.36 Å². The molecule has 0 amide bonds. The molecule has 1 aromatic heterocycles. The van der Waals surface area contributed by atoms with Gasteiger partial charge < -0.3 is 4.74 Å². The van der Waals surface area contributed by atoms with E-state index in [2.05, 4.69) is 9.72 Å². The zero-order valence-corrected chi connectivity index (χ0v) is 7.78. The van der Waals surface area contributed by atoms with Gasteiger partial charge in [0.25, 0.3) is 12.3 Å². The first-order chi connectivity index (χ1) is 7.20. The molecule has 0 aliphatic rings. The number of rotatable bonds is 2. The van der Waals surface area contributed by atoms with E-state index in [0.717, 1.165) is 6.92 Å². The lowest BCUT2D eigenvalue weighted by molar-refractivity contribution is -0.277. The van der Waals surface area contributed by atoms with Crippen molar-refractivity contribution in [3.63, 3.8) is 0 Å². The molecule has 1 heterocycles. The zero-order chi connectivity index (χ0) is 12.5. The molecule has 0 aromatic carbocycles. The Morgan fingerprint density at radius 3 is 2.31 bits per heavy atom. The zero-order valence-electron chi connectivity index (χ0n) is 7.78. The molecule has 1 rings (SSSR count). The van der Waals surface area contributed by atoms with Crippen LogP contribution in [0, 0.1) is 12.7 Å². The van der Waals surface area contributed by atoms with E-state index < -0.39 is 30.0 Å². The Balaban J connectivity index is 3.19. The first-order valence-electron chi connectivity index (χ1n) is 3.91. The van der Waals surface area contributed by atoms with Gasteiger partial charge in [0.1, 0.15) is 0 Å². The molecule has 0 bridgehead atoms. The molecule has 0 saturated heterocycles. The van der Waals surface area contributed by atoms with Crippen LogP contribution in [0.1, 0.15) is 17.7 Å². The standard InChI is InChI=1S/C8H5F6NO/c1-3-2-4(6(10)11)5(9)7(15-3)16-8(12,13)14/h2,6H,1H3. The molecule has 0 fully saturated rings. The fourth-order valence-corrected chi connectivity index (χ4v) is 0.989. The predicted molar refractivity (Wildman–Crippen MR) is 40.6 cm³/mol. The minimum Gasteiger partial charge on any atom is -0.385 e. The highest BCUT2D eigenvalue weighted by atomic mass is 19.4. The van der Waals surface area contributed by atoms with Crippen LogP contribution in [0.25, 0.3) is 0 Å². The van der Waals surface area contributed by atoms with Crippen molar-refractivity contribution in [2.45, 2.75) is 19.7 Å². The molecule has 0 aliphatic carbocycles. The number of aryl methyl sites for hydroxylation is 1. The smallest absolute Gasteiger partial charge is 0.385 e. The summed E-state index contributed by atoms with van der Waals surface area (Å²) in [4.78, 5) is 3.05. The number of halogens is 6. The third-order valence-electron chi connectivity index (χ3n) is 1.53. The minimum absolute atomic E-state index is 0.198. The Kier molecular flexibility index (Phi) is 3.30. The fraction of sp³-hybridized carbons (Fsp3) is 0.375. The van der Waals surface area contributed by atoms with Gasteiger partial charge in [-0.05, 0) is 13.0 Å². The van der Waals surface area contributed by atoms with Crippen LogP contribution in [0.15, 0.2) is 6.07 Å². The van der Waals surface area contributed by atoms with Crippen LogP contribution in [0.4, 0.5) is 26.3 Å². The van der Waals surface area contributed by atoms with Gasteiger partial charge in [0, 0.05) is 5.69 Å². The maximum absolute atomic E-state index is 13.1. The number of pyridine rings is 1. The predicted octanol–water partition coefficient (Wildman–Crippen LogP) is 3.37. The summed E-state index contributed by atoms with van der Waals surface area (Å²) in [6, 6.07) is 0.656. The maximum Gasteiger partial charge on any atom is 0.574 e. The molecule has 0 unspecified atom stereocenters. The van der Waals surface area contributed by atoms with Gasteiger partial charge in [-0.3, -0.25) is 0 Å². The van der Waals surface area contributed by atoms with Crippen LogP contribution in [-0.2, 0) is 0 Å². The van der Waals surface area contributed by atoms with Crippen molar-refractivity contribution in [2.75, 3.05) is 0 Å². The van der Waals surface area contributed by atoms with E-state index in [1.165, 1.54) is 0 Å². The topological polar surface area (TPSA) is 22.1 Å². The van der Waals surface area contributed by atoms with Crippen LogP contribution in [-0.4, -0.2) is 11.3 Å². The summed E-state index contributed by atoms with van der Waals surface area (Å²) in [6.45, 7) is 1.15. The number of hydrogen-bond acceptors (Lipinski definition) is 2. The number of hydrogen-bond donors (Lipinski definition) is 0. The van der Waals surface area contributed by atoms with Crippen LogP contribution in [0.5, 0.6) is 5.88 Å². The lowest BCUT2D eigenvalue weighted by atomic mass is 10.2. The van der Waals surface area contributed by atoms with Gasteiger partial charge in [-0.2, -0.15) is 0 Å². The Bertz CT molecular complexity index is 389. The van der Waals surface area contributed by atoms with Crippen molar-refractivity contribution in [3.05, 3.63) is 23.1 Å². The molecule has 0 N–H and O–H groups in total. The van der Waals surface area contributed by atoms with Gasteiger partial charge in [0.2, 0.25) is 0 Å². The van der Waals surface area contributed by atoms with E-state index in [1.54, 1.807) is 0 Å². The number of aromatic nitrogens is 1. The highest BCUT2D eigenvalue weighted by Gasteiger charge is 2.34.